The molecule has 0 aliphatic rings. The highest BCUT2D eigenvalue weighted by atomic mass is 79.9. The molecule has 0 radical (unpaired) electrons. The molecule has 0 saturated heterocycles. The lowest BCUT2D eigenvalue weighted by atomic mass is 10.1. The SMILES string of the molecule is COc1cc(C(N)c2c(Br)cnn2CCN(C)C)ncn1. The van der Waals surface area contributed by atoms with Gasteiger partial charge in [-0.2, -0.15) is 5.10 Å². The van der Waals surface area contributed by atoms with Crippen molar-refractivity contribution in [2.24, 2.45) is 5.73 Å². The summed E-state index contributed by atoms with van der Waals surface area (Å²) in [6.45, 7) is 1.63. The summed E-state index contributed by atoms with van der Waals surface area (Å²) in [7, 11) is 5.61. The molecule has 1 atom stereocenters. The highest BCUT2D eigenvalue weighted by Gasteiger charge is 2.20. The van der Waals surface area contributed by atoms with E-state index in [-0.39, 0.29) is 0 Å². The van der Waals surface area contributed by atoms with Crippen molar-refractivity contribution in [1.29, 1.82) is 0 Å². The maximum Gasteiger partial charge on any atom is 0.216 e. The fourth-order valence-corrected chi connectivity index (χ4v) is 2.47. The van der Waals surface area contributed by atoms with Crippen molar-refractivity contribution >= 4 is 15.9 Å². The Bertz CT molecular complexity index is 600. The first-order valence-electron chi connectivity index (χ1n) is 6.50. The van der Waals surface area contributed by atoms with Gasteiger partial charge >= 0.3 is 0 Å². The second-order valence-electron chi connectivity index (χ2n) is 4.87. The number of nitrogens with zero attached hydrogens (tertiary/aromatic N) is 5. The molecule has 8 heteroatoms. The summed E-state index contributed by atoms with van der Waals surface area (Å²) in [6.07, 6.45) is 3.20. The topological polar surface area (TPSA) is 82.1 Å². The minimum absolute atomic E-state index is 0.402. The van der Waals surface area contributed by atoms with Gasteiger partial charge in [0.15, 0.2) is 0 Å². The van der Waals surface area contributed by atoms with Crippen LogP contribution in [0, 0.1) is 0 Å². The van der Waals surface area contributed by atoms with Gasteiger partial charge in [-0.3, -0.25) is 4.68 Å². The Kier molecular flexibility index (Phi) is 5.27. The Balaban J connectivity index is 2.29. The van der Waals surface area contributed by atoms with E-state index < -0.39 is 6.04 Å². The van der Waals surface area contributed by atoms with Crippen LogP contribution in [0.4, 0.5) is 0 Å². The molecule has 0 bridgehead atoms. The number of hydrogen-bond donors (Lipinski definition) is 1. The molecule has 2 aromatic rings. The minimum Gasteiger partial charge on any atom is -0.481 e. The summed E-state index contributed by atoms with van der Waals surface area (Å²) in [5.74, 6) is 0.492. The Morgan fingerprint density at radius 1 is 1.43 bits per heavy atom. The predicted octanol–water partition coefficient (Wildman–Crippen LogP) is 1.05. The lowest BCUT2D eigenvalue weighted by Gasteiger charge is -2.16. The normalized spacial score (nSPS) is 12.7. The summed E-state index contributed by atoms with van der Waals surface area (Å²) in [5, 5.41) is 4.37. The highest BCUT2D eigenvalue weighted by Crippen LogP contribution is 2.26. The molecule has 0 spiro atoms. The third-order valence-corrected chi connectivity index (χ3v) is 3.69. The minimum atomic E-state index is -0.402. The number of methoxy groups -OCH3 is 1. The maximum absolute atomic E-state index is 6.34. The molecular formula is C13H19BrN6O. The molecule has 0 saturated carbocycles. The van der Waals surface area contributed by atoms with E-state index in [1.807, 2.05) is 18.8 Å². The van der Waals surface area contributed by atoms with Gasteiger partial charge in [0, 0.05) is 12.6 Å². The van der Waals surface area contributed by atoms with Gasteiger partial charge in [0.05, 0.1) is 41.8 Å². The highest BCUT2D eigenvalue weighted by molar-refractivity contribution is 9.10. The van der Waals surface area contributed by atoms with Crippen molar-refractivity contribution in [2.75, 3.05) is 27.7 Å². The molecule has 0 fully saturated rings. The first-order chi connectivity index (χ1) is 10.0. The molecule has 0 aliphatic carbocycles. The second kappa shape index (κ2) is 6.97. The van der Waals surface area contributed by atoms with Crippen LogP contribution in [-0.4, -0.2) is 52.4 Å². The summed E-state index contributed by atoms with van der Waals surface area (Å²) < 4.78 is 7.87. The van der Waals surface area contributed by atoms with Crippen LogP contribution in [0.25, 0.3) is 0 Å². The van der Waals surface area contributed by atoms with Crippen LogP contribution in [0.5, 0.6) is 5.88 Å². The van der Waals surface area contributed by atoms with Crippen molar-refractivity contribution in [3.63, 3.8) is 0 Å². The molecule has 114 valence electrons. The Labute approximate surface area is 132 Å². The van der Waals surface area contributed by atoms with Crippen LogP contribution < -0.4 is 10.5 Å². The van der Waals surface area contributed by atoms with E-state index >= 15 is 0 Å². The summed E-state index contributed by atoms with van der Waals surface area (Å²) >= 11 is 3.51. The van der Waals surface area contributed by atoms with Gasteiger partial charge in [-0.15, -0.1) is 0 Å². The van der Waals surface area contributed by atoms with Gasteiger partial charge in [0.2, 0.25) is 5.88 Å². The van der Waals surface area contributed by atoms with Gasteiger partial charge in [-0.05, 0) is 30.0 Å². The van der Waals surface area contributed by atoms with Crippen molar-refractivity contribution in [1.82, 2.24) is 24.6 Å². The van der Waals surface area contributed by atoms with Crippen molar-refractivity contribution in [3.8, 4) is 5.88 Å². The van der Waals surface area contributed by atoms with E-state index in [0.29, 0.717) is 11.6 Å². The molecule has 2 aromatic heterocycles. The molecule has 2 rings (SSSR count). The first kappa shape index (κ1) is 15.9. The van der Waals surface area contributed by atoms with Crippen LogP contribution in [0.1, 0.15) is 17.4 Å². The number of likely N-dealkylation sites (N-methyl/N-ethyl adjacent to an activating group) is 1. The van der Waals surface area contributed by atoms with Gasteiger partial charge in [-0.1, -0.05) is 0 Å². The standard InChI is InChI=1S/C13H19BrN6O/c1-19(2)4-5-20-13(9(14)7-18-20)12(15)10-6-11(21-3)17-8-16-10/h6-8,12H,4-5,15H2,1-3H3. The molecule has 7 nitrogen and oxygen atoms in total. The van der Waals surface area contributed by atoms with Crippen LogP contribution in [-0.2, 0) is 6.54 Å². The third-order valence-electron chi connectivity index (χ3n) is 3.08. The average molecular weight is 355 g/mol. The fourth-order valence-electron chi connectivity index (χ4n) is 1.93. The average Bonchev–Trinajstić information content (AvgIpc) is 2.85. The lowest BCUT2D eigenvalue weighted by Crippen LogP contribution is -2.24. The first-order valence-corrected chi connectivity index (χ1v) is 7.29. The zero-order chi connectivity index (χ0) is 15.4. The molecule has 2 N–H and O–H groups in total. The van der Waals surface area contributed by atoms with E-state index in [9.17, 15) is 0 Å². The quantitative estimate of drug-likeness (QED) is 0.834. The molecule has 2 heterocycles. The molecule has 21 heavy (non-hydrogen) atoms. The molecule has 1 unspecified atom stereocenters. The summed E-state index contributed by atoms with van der Waals surface area (Å²) in [5.41, 5.74) is 7.92. The smallest absolute Gasteiger partial charge is 0.216 e. The zero-order valence-corrected chi connectivity index (χ0v) is 13.9. The van der Waals surface area contributed by atoms with E-state index in [1.165, 1.54) is 6.33 Å². The van der Waals surface area contributed by atoms with E-state index in [2.05, 4.69) is 35.9 Å². The molecular weight excluding hydrogens is 336 g/mol. The second-order valence-corrected chi connectivity index (χ2v) is 5.72. The van der Waals surface area contributed by atoms with Crippen LogP contribution in [0.15, 0.2) is 23.1 Å². The Morgan fingerprint density at radius 2 is 2.19 bits per heavy atom. The summed E-state index contributed by atoms with van der Waals surface area (Å²) in [6, 6.07) is 1.33. The van der Waals surface area contributed by atoms with Crippen molar-refractivity contribution in [3.05, 3.63) is 34.5 Å². The number of ether oxygens (including phenoxy) is 1. The maximum atomic E-state index is 6.34. The number of halogens is 1. The molecule has 0 amide bonds. The largest absolute Gasteiger partial charge is 0.481 e. The lowest BCUT2D eigenvalue weighted by molar-refractivity contribution is 0.367. The Hall–Kier alpha value is -1.51. The van der Waals surface area contributed by atoms with E-state index in [4.69, 9.17) is 10.5 Å². The molecule has 0 aromatic carbocycles. The van der Waals surface area contributed by atoms with Crippen LogP contribution >= 0.6 is 15.9 Å². The number of aromatic nitrogens is 4. The van der Waals surface area contributed by atoms with Crippen LogP contribution in [0.2, 0.25) is 0 Å². The van der Waals surface area contributed by atoms with Gasteiger partial charge in [0.25, 0.3) is 0 Å². The monoisotopic (exact) mass is 354 g/mol. The van der Waals surface area contributed by atoms with Gasteiger partial charge in [-0.25, -0.2) is 9.97 Å². The Morgan fingerprint density at radius 3 is 2.86 bits per heavy atom. The number of nitrogens with two attached hydrogens (primary N) is 1. The van der Waals surface area contributed by atoms with Gasteiger partial charge in [0.1, 0.15) is 6.33 Å². The third kappa shape index (κ3) is 3.78. The van der Waals surface area contributed by atoms with Crippen LogP contribution in [0.3, 0.4) is 0 Å². The number of rotatable bonds is 6. The van der Waals surface area contributed by atoms with Gasteiger partial charge < -0.3 is 15.4 Å². The van der Waals surface area contributed by atoms with E-state index in [1.54, 1.807) is 19.4 Å². The predicted molar refractivity (Wildman–Crippen MR) is 83.1 cm³/mol. The fraction of sp³-hybridized carbons (Fsp3) is 0.462. The molecule has 0 aliphatic heterocycles. The zero-order valence-electron chi connectivity index (χ0n) is 12.3. The number of hydrogen-bond acceptors (Lipinski definition) is 6. The van der Waals surface area contributed by atoms with E-state index in [0.717, 1.165) is 23.3 Å². The summed E-state index contributed by atoms with van der Waals surface area (Å²) in [4.78, 5) is 10.3. The van der Waals surface area contributed by atoms with Crippen molar-refractivity contribution in [2.45, 2.75) is 12.6 Å². The van der Waals surface area contributed by atoms with Crippen molar-refractivity contribution < 1.29 is 4.74 Å².